The average Bonchev–Trinajstić information content (AvgIpc) is 2.39. The number of Topliss-reactive ketones (excluding diaryl/α,β-unsaturated/α-hetero) is 2. The van der Waals surface area contributed by atoms with Gasteiger partial charge in [-0.3, -0.25) is 9.59 Å². The summed E-state index contributed by atoms with van der Waals surface area (Å²) in [4.78, 5) is 23.6. The van der Waals surface area contributed by atoms with Gasteiger partial charge in [0.25, 0.3) is 0 Å². The van der Waals surface area contributed by atoms with Crippen LogP contribution >= 0.6 is 0 Å². The Morgan fingerprint density at radius 2 is 1.89 bits per heavy atom. The molecule has 0 bridgehead atoms. The molecule has 1 aromatic carbocycles. The van der Waals surface area contributed by atoms with Crippen LogP contribution in [-0.4, -0.2) is 18.7 Å². The molecule has 0 saturated carbocycles. The number of hydrogen-bond donors (Lipinski definition) is 0. The first-order chi connectivity index (χ1) is 8.69. The molecule has 18 heavy (non-hydrogen) atoms. The molecular formula is C15H20O3. The summed E-state index contributed by atoms with van der Waals surface area (Å²) in [5.74, 6) is 0.386. The van der Waals surface area contributed by atoms with Crippen molar-refractivity contribution in [3.8, 4) is 5.75 Å². The molecule has 0 unspecified atom stereocenters. The highest BCUT2D eigenvalue weighted by molar-refractivity contribution is 6.09. The molecule has 0 heterocycles. The third kappa shape index (κ3) is 4.32. The van der Waals surface area contributed by atoms with E-state index in [9.17, 15) is 9.59 Å². The van der Waals surface area contributed by atoms with E-state index in [1.54, 1.807) is 24.3 Å². The Bertz CT molecular complexity index is 410. The van der Waals surface area contributed by atoms with Crippen molar-refractivity contribution in [3.63, 3.8) is 0 Å². The summed E-state index contributed by atoms with van der Waals surface area (Å²) in [6, 6.07) is 7.01. The van der Waals surface area contributed by atoms with Crippen LogP contribution in [0.4, 0.5) is 0 Å². The highest BCUT2D eigenvalue weighted by Crippen LogP contribution is 2.19. The van der Waals surface area contributed by atoms with Gasteiger partial charge in [-0.25, -0.2) is 0 Å². The largest absolute Gasteiger partial charge is 0.496 e. The number of benzene rings is 1. The van der Waals surface area contributed by atoms with Gasteiger partial charge in [-0.1, -0.05) is 31.9 Å². The Labute approximate surface area is 108 Å². The normalized spacial score (nSPS) is 10.1. The van der Waals surface area contributed by atoms with Crippen LogP contribution in [0.15, 0.2) is 24.3 Å². The minimum atomic E-state index is -0.158. The predicted octanol–water partition coefficient (Wildman–Crippen LogP) is 3.42. The van der Waals surface area contributed by atoms with Crippen LogP contribution < -0.4 is 4.74 Å². The van der Waals surface area contributed by atoms with Gasteiger partial charge in [-0.05, 0) is 18.6 Å². The predicted molar refractivity (Wildman–Crippen MR) is 71.1 cm³/mol. The van der Waals surface area contributed by atoms with Gasteiger partial charge in [0.2, 0.25) is 0 Å². The number of ether oxygens (including phenoxy) is 1. The number of unbranched alkanes of at least 4 members (excludes halogenated alkanes) is 2. The van der Waals surface area contributed by atoms with Crippen LogP contribution in [0.25, 0.3) is 0 Å². The lowest BCUT2D eigenvalue weighted by Crippen LogP contribution is -2.09. The van der Waals surface area contributed by atoms with Crippen LogP contribution in [0, 0.1) is 0 Å². The van der Waals surface area contributed by atoms with E-state index in [2.05, 4.69) is 6.92 Å². The summed E-state index contributed by atoms with van der Waals surface area (Å²) in [5, 5.41) is 0. The molecule has 0 aliphatic heterocycles. The van der Waals surface area contributed by atoms with Crippen LogP contribution in [-0.2, 0) is 4.79 Å². The maximum absolute atomic E-state index is 12.0. The minimum absolute atomic E-state index is 0.0133. The molecule has 0 N–H and O–H groups in total. The van der Waals surface area contributed by atoms with Gasteiger partial charge in [0, 0.05) is 6.42 Å². The first-order valence-electron chi connectivity index (χ1n) is 6.37. The summed E-state index contributed by atoms with van der Waals surface area (Å²) in [6.07, 6.45) is 3.45. The molecule has 0 radical (unpaired) electrons. The van der Waals surface area contributed by atoms with Crippen molar-refractivity contribution in [2.24, 2.45) is 0 Å². The van der Waals surface area contributed by atoms with Gasteiger partial charge >= 0.3 is 0 Å². The topological polar surface area (TPSA) is 43.4 Å². The van der Waals surface area contributed by atoms with Crippen LogP contribution in [0.3, 0.4) is 0 Å². The van der Waals surface area contributed by atoms with Gasteiger partial charge in [0.15, 0.2) is 5.78 Å². The van der Waals surface area contributed by atoms with Crippen molar-refractivity contribution in [1.29, 1.82) is 0 Å². The zero-order valence-electron chi connectivity index (χ0n) is 11.1. The summed E-state index contributed by atoms with van der Waals surface area (Å²) in [7, 11) is 1.52. The number of carbonyl (C=O) groups is 2. The van der Waals surface area contributed by atoms with Gasteiger partial charge in [-0.15, -0.1) is 0 Å². The lowest BCUT2D eigenvalue weighted by atomic mass is 10.0. The number of methoxy groups -OCH3 is 1. The highest BCUT2D eigenvalue weighted by Gasteiger charge is 2.15. The highest BCUT2D eigenvalue weighted by atomic mass is 16.5. The van der Waals surface area contributed by atoms with E-state index in [1.807, 2.05) is 0 Å². The number of rotatable bonds is 8. The van der Waals surface area contributed by atoms with Crippen LogP contribution in [0.1, 0.15) is 49.4 Å². The summed E-state index contributed by atoms with van der Waals surface area (Å²) < 4.78 is 5.11. The molecule has 0 aliphatic carbocycles. The molecule has 0 fully saturated rings. The first kappa shape index (κ1) is 14.4. The van der Waals surface area contributed by atoms with E-state index < -0.39 is 0 Å². The Morgan fingerprint density at radius 3 is 2.56 bits per heavy atom. The molecule has 0 atom stereocenters. The van der Waals surface area contributed by atoms with Gasteiger partial charge in [0.1, 0.15) is 11.5 Å². The van der Waals surface area contributed by atoms with Crippen LogP contribution in [0.2, 0.25) is 0 Å². The molecule has 3 nitrogen and oxygen atoms in total. The minimum Gasteiger partial charge on any atom is -0.496 e. The fourth-order valence-electron chi connectivity index (χ4n) is 1.81. The molecule has 98 valence electrons. The quantitative estimate of drug-likeness (QED) is 0.402. The summed E-state index contributed by atoms with van der Waals surface area (Å²) >= 11 is 0. The molecule has 1 aromatic rings. The molecular weight excluding hydrogens is 228 g/mol. The zero-order chi connectivity index (χ0) is 13.4. The first-order valence-corrected chi connectivity index (χ1v) is 6.37. The average molecular weight is 248 g/mol. The summed E-state index contributed by atoms with van der Waals surface area (Å²) in [5.41, 5.74) is 0.490. The Hall–Kier alpha value is -1.64. The lowest BCUT2D eigenvalue weighted by Gasteiger charge is -2.06. The Morgan fingerprint density at radius 1 is 1.17 bits per heavy atom. The smallest absolute Gasteiger partial charge is 0.173 e. The SMILES string of the molecule is CCCCCC(=O)CC(=O)c1ccccc1OC. The number of hydrogen-bond acceptors (Lipinski definition) is 3. The van der Waals surface area contributed by atoms with E-state index >= 15 is 0 Å². The van der Waals surface area contributed by atoms with E-state index in [0.717, 1.165) is 19.3 Å². The van der Waals surface area contributed by atoms with E-state index in [1.165, 1.54) is 7.11 Å². The fourth-order valence-corrected chi connectivity index (χ4v) is 1.81. The lowest BCUT2D eigenvalue weighted by molar-refractivity contribution is -0.118. The monoisotopic (exact) mass is 248 g/mol. The van der Waals surface area contributed by atoms with Crippen molar-refractivity contribution in [1.82, 2.24) is 0 Å². The Balaban J connectivity index is 2.57. The van der Waals surface area contributed by atoms with Crippen molar-refractivity contribution in [2.75, 3.05) is 7.11 Å². The fraction of sp³-hybridized carbons (Fsp3) is 0.467. The van der Waals surface area contributed by atoms with E-state index in [-0.39, 0.29) is 18.0 Å². The number of para-hydroxylation sites is 1. The second-order valence-electron chi connectivity index (χ2n) is 4.30. The molecule has 3 heteroatoms. The third-order valence-electron chi connectivity index (χ3n) is 2.82. The molecule has 1 rings (SSSR count). The Kier molecular flexibility index (Phi) is 6.12. The standard InChI is InChI=1S/C15H20O3/c1-3-4-5-8-12(16)11-14(17)13-9-6-7-10-15(13)18-2/h6-7,9-10H,3-5,8,11H2,1-2H3. The summed E-state index contributed by atoms with van der Waals surface area (Å²) in [6.45, 7) is 2.09. The van der Waals surface area contributed by atoms with Gasteiger partial charge in [-0.2, -0.15) is 0 Å². The molecule has 0 aliphatic rings. The van der Waals surface area contributed by atoms with Crippen molar-refractivity contribution >= 4 is 11.6 Å². The van der Waals surface area contributed by atoms with E-state index in [0.29, 0.717) is 17.7 Å². The molecule has 0 amide bonds. The van der Waals surface area contributed by atoms with Crippen molar-refractivity contribution < 1.29 is 14.3 Å². The second kappa shape index (κ2) is 7.64. The second-order valence-corrected chi connectivity index (χ2v) is 4.30. The zero-order valence-corrected chi connectivity index (χ0v) is 11.1. The van der Waals surface area contributed by atoms with Crippen molar-refractivity contribution in [2.45, 2.75) is 39.0 Å². The maximum Gasteiger partial charge on any atom is 0.173 e. The number of ketones is 2. The molecule has 0 aromatic heterocycles. The molecule has 0 saturated heterocycles. The van der Waals surface area contributed by atoms with Crippen LogP contribution in [0.5, 0.6) is 5.75 Å². The third-order valence-corrected chi connectivity index (χ3v) is 2.82. The van der Waals surface area contributed by atoms with Gasteiger partial charge < -0.3 is 4.74 Å². The molecule has 0 spiro atoms. The van der Waals surface area contributed by atoms with Gasteiger partial charge in [0.05, 0.1) is 19.1 Å². The van der Waals surface area contributed by atoms with E-state index in [4.69, 9.17) is 4.74 Å². The van der Waals surface area contributed by atoms with Crippen molar-refractivity contribution in [3.05, 3.63) is 29.8 Å². The number of carbonyl (C=O) groups excluding carboxylic acids is 2. The maximum atomic E-state index is 12.0.